The van der Waals surface area contributed by atoms with E-state index in [0.29, 0.717) is 5.69 Å². The number of rotatable bonds is 5. The first-order chi connectivity index (χ1) is 11.0. The second kappa shape index (κ2) is 7.54. The lowest BCUT2D eigenvalue weighted by Crippen LogP contribution is -2.42. The van der Waals surface area contributed by atoms with E-state index in [1.807, 2.05) is 31.2 Å². The quantitative estimate of drug-likeness (QED) is 0.891. The average Bonchev–Trinajstić information content (AvgIpc) is 2.55. The van der Waals surface area contributed by atoms with Crippen molar-refractivity contribution in [1.82, 2.24) is 5.32 Å². The molecule has 0 bridgehead atoms. The monoisotopic (exact) mass is 314 g/mol. The van der Waals surface area contributed by atoms with Crippen molar-refractivity contribution in [2.24, 2.45) is 0 Å². The molecule has 5 heteroatoms. The molecule has 2 amide bonds. The number of nitrogens with one attached hydrogen (secondary N) is 2. The number of hydrogen-bond donors (Lipinski definition) is 2. The molecular weight excluding hydrogens is 295 g/mol. The number of halogens is 1. The number of carbonyl (C=O) groups excluding carboxylic acids is 2. The summed E-state index contributed by atoms with van der Waals surface area (Å²) < 4.78 is 13.6. The van der Waals surface area contributed by atoms with Crippen LogP contribution in [0.3, 0.4) is 0 Å². The summed E-state index contributed by atoms with van der Waals surface area (Å²) in [6, 6.07) is 12.3. The molecule has 1 atom stereocenters. The molecule has 0 aliphatic carbocycles. The molecule has 0 heterocycles. The molecule has 2 aromatic rings. The molecule has 4 nitrogen and oxygen atoms in total. The van der Waals surface area contributed by atoms with Gasteiger partial charge in [0, 0.05) is 5.69 Å². The summed E-state index contributed by atoms with van der Waals surface area (Å²) in [5.41, 5.74) is 1.64. The van der Waals surface area contributed by atoms with Crippen molar-refractivity contribution in [2.75, 3.05) is 5.32 Å². The molecule has 0 aliphatic heterocycles. The predicted molar refractivity (Wildman–Crippen MR) is 87.8 cm³/mol. The third-order valence-corrected chi connectivity index (χ3v) is 3.52. The topological polar surface area (TPSA) is 58.2 Å². The standard InChI is InChI=1S/C18H19FN2O2/c1-3-13-8-4-7-11-16(13)21-17(22)12(2)20-18(23)14-9-5-6-10-15(14)19/h4-12H,3H2,1-2H3,(H,20,23)(H,21,22)/t12-/m0/s1. The van der Waals surface area contributed by atoms with Crippen molar-refractivity contribution in [3.63, 3.8) is 0 Å². The summed E-state index contributed by atoms with van der Waals surface area (Å²) >= 11 is 0. The molecule has 0 saturated heterocycles. The van der Waals surface area contributed by atoms with Crippen LogP contribution in [0.1, 0.15) is 29.8 Å². The molecular formula is C18H19FN2O2. The highest BCUT2D eigenvalue weighted by atomic mass is 19.1. The lowest BCUT2D eigenvalue weighted by molar-refractivity contribution is -0.117. The van der Waals surface area contributed by atoms with Gasteiger partial charge in [-0.2, -0.15) is 0 Å². The zero-order chi connectivity index (χ0) is 16.8. The second-order valence-corrected chi connectivity index (χ2v) is 5.17. The van der Waals surface area contributed by atoms with Crippen LogP contribution in [0.2, 0.25) is 0 Å². The summed E-state index contributed by atoms with van der Waals surface area (Å²) in [7, 11) is 0. The number of hydrogen-bond acceptors (Lipinski definition) is 2. The Labute approximate surface area is 134 Å². The first kappa shape index (κ1) is 16.7. The van der Waals surface area contributed by atoms with Gasteiger partial charge in [-0.1, -0.05) is 37.3 Å². The molecule has 0 aromatic heterocycles. The maximum atomic E-state index is 13.6. The minimum absolute atomic E-state index is 0.0823. The number of benzene rings is 2. The summed E-state index contributed by atoms with van der Waals surface area (Å²) in [5.74, 6) is -1.58. The molecule has 0 unspecified atom stereocenters. The van der Waals surface area contributed by atoms with E-state index in [1.54, 1.807) is 13.0 Å². The van der Waals surface area contributed by atoms with Gasteiger partial charge in [-0.05, 0) is 37.1 Å². The van der Waals surface area contributed by atoms with Crippen molar-refractivity contribution in [2.45, 2.75) is 26.3 Å². The van der Waals surface area contributed by atoms with E-state index in [-0.39, 0.29) is 11.5 Å². The minimum Gasteiger partial charge on any atom is -0.340 e. The molecule has 0 fully saturated rings. The third-order valence-electron chi connectivity index (χ3n) is 3.52. The molecule has 120 valence electrons. The maximum Gasteiger partial charge on any atom is 0.254 e. The fourth-order valence-corrected chi connectivity index (χ4v) is 2.18. The molecule has 0 radical (unpaired) electrons. The Morgan fingerprint density at radius 3 is 2.43 bits per heavy atom. The third kappa shape index (κ3) is 4.16. The van der Waals surface area contributed by atoms with Gasteiger partial charge < -0.3 is 10.6 Å². The van der Waals surface area contributed by atoms with Gasteiger partial charge in [0.15, 0.2) is 0 Å². The van der Waals surface area contributed by atoms with Crippen LogP contribution in [-0.2, 0) is 11.2 Å². The highest BCUT2D eigenvalue weighted by Crippen LogP contribution is 2.15. The number of anilines is 1. The maximum absolute atomic E-state index is 13.6. The molecule has 0 spiro atoms. The predicted octanol–water partition coefficient (Wildman–Crippen LogP) is 3.15. The van der Waals surface area contributed by atoms with Gasteiger partial charge in [-0.3, -0.25) is 9.59 Å². The smallest absolute Gasteiger partial charge is 0.254 e. The van der Waals surface area contributed by atoms with Crippen molar-refractivity contribution < 1.29 is 14.0 Å². The van der Waals surface area contributed by atoms with Crippen LogP contribution in [0.4, 0.5) is 10.1 Å². The van der Waals surface area contributed by atoms with Crippen molar-refractivity contribution in [3.05, 3.63) is 65.5 Å². The van der Waals surface area contributed by atoms with Crippen LogP contribution >= 0.6 is 0 Å². The fraction of sp³-hybridized carbons (Fsp3) is 0.222. The van der Waals surface area contributed by atoms with Crippen LogP contribution in [0, 0.1) is 5.82 Å². The van der Waals surface area contributed by atoms with E-state index in [0.717, 1.165) is 12.0 Å². The molecule has 2 aromatic carbocycles. The molecule has 2 N–H and O–H groups in total. The van der Waals surface area contributed by atoms with Gasteiger partial charge >= 0.3 is 0 Å². The Balaban J connectivity index is 2.03. The molecule has 2 rings (SSSR count). The number of carbonyl (C=O) groups is 2. The summed E-state index contributed by atoms with van der Waals surface area (Å²) in [4.78, 5) is 24.2. The second-order valence-electron chi connectivity index (χ2n) is 5.17. The first-order valence-electron chi connectivity index (χ1n) is 7.47. The van der Waals surface area contributed by atoms with Gasteiger partial charge in [0.25, 0.3) is 5.91 Å². The number of amides is 2. The zero-order valence-electron chi connectivity index (χ0n) is 13.1. The van der Waals surface area contributed by atoms with Crippen LogP contribution in [0.25, 0.3) is 0 Å². The average molecular weight is 314 g/mol. The van der Waals surface area contributed by atoms with E-state index in [9.17, 15) is 14.0 Å². The Bertz CT molecular complexity index is 716. The van der Waals surface area contributed by atoms with E-state index in [1.165, 1.54) is 18.2 Å². The molecule has 0 saturated carbocycles. The normalized spacial score (nSPS) is 11.6. The van der Waals surface area contributed by atoms with Gasteiger partial charge in [0.05, 0.1) is 5.56 Å². The molecule has 23 heavy (non-hydrogen) atoms. The van der Waals surface area contributed by atoms with E-state index >= 15 is 0 Å². The summed E-state index contributed by atoms with van der Waals surface area (Å²) in [5, 5.41) is 5.29. The van der Waals surface area contributed by atoms with Crippen LogP contribution in [0.15, 0.2) is 48.5 Å². The van der Waals surface area contributed by atoms with Crippen molar-refractivity contribution >= 4 is 17.5 Å². The van der Waals surface area contributed by atoms with Crippen LogP contribution in [0.5, 0.6) is 0 Å². The van der Waals surface area contributed by atoms with Crippen LogP contribution < -0.4 is 10.6 Å². The first-order valence-corrected chi connectivity index (χ1v) is 7.47. The van der Waals surface area contributed by atoms with E-state index in [4.69, 9.17) is 0 Å². The largest absolute Gasteiger partial charge is 0.340 e. The SMILES string of the molecule is CCc1ccccc1NC(=O)[C@H](C)NC(=O)c1ccccc1F. The fourth-order valence-electron chi connectivity index (χ4n) is 2.18. The number of aryl methyl sites for hydroxylation is 1. The summed E-state index contributed by atoms with van der Waals surface area (Å²) in [6.07, 6.45) is 0.784. The lowest BCUT2D eigenvalue weighted by Gasteiger charge is -2.16. The highest BCUT2D eigenvalue weighted by molar-refractivity contribution is 6.01. The van der Waals surface area contributed by atoms with Gasteiger partial charge in [-0.15, -0.1) is 0 Å². The molecule has 0 aliphatic rings. The highest BCUT2D eigenvalue weighted by Gasteiger charge is 2.19. The summed E-state index contributed by atoms with van der Waals surface area (Å²) in [6.45, 7) is 3.55. The Kier molecular flexibility index (Phi) is 5.46. The number of para-hydroxylation sites is 1. The zero-order valence-corrected chi connectivity index (χ0v) is 13.1. The van der Waals surface area contributed by atoms with Gasteiger partial charge in [0.1, 0.15) is 11.9 Å². The minimum atomic E-state index is -0.785. The van der Waals surface area contributed by atoms with Gasteiger partial charge in [-0.25, -0.2) is 4.39 Å². The van der Waals surface area contributed by atoms with Gasteiger partial charge in [0.2, 0.25) is 5.91 Å². The van der Waals surface area contributed by atoms with Crippen molar-refractivity contribution in [1.29, 1.82) is 0 Å². The Hall–Kier alpha value is -2.69. The lowest BCUT2D eigenvalue weighted by atomic mass is 10.1. The van der Waals surface area contributed by atoms with Crippen molar-refractivity contribution in [3.8, 4) is 0 Å². The van der Waals surface area contributed by atoms with E-state index < -0.39 is 17.8 Å². The van der Waals surface area contributed by atoms with E-state index in [2.05, 4.69) is 10.6 Å². The Morgan fingerprint density at radius 2 is 1.74 bits per heavy atom. The Morgan fingerprint density at radius 1 is 1.09 bits per heavy atom. The van der Waals surface area contributed by atoms with Crippen LogP contribution in [-0.4, -0.2) is 17.9 Å².